The van der Waals surface area contributed by atoms with Crippen LogP contribution in [0, 0.1) is 5.92 Å². The summed E-state index contributed by atoms with van der Waals surface area (Å²) in [6, 6.07) is 5.37. The molecule has 21 heavy (non-hydrogen) atoms. The second kappa shape index (κ2) is 6.91. The van der Waals surface area contributed by atoms with Gasteiger partial charge in [-0.2, -0.15) is 0 Å². The molecule has 0 aromatic heterocycles. The molecule has 1 fully saturated rings. The van der Waals surface area contributed by atoms with Crippen LogP contribution in [0.25, 0.3) is 0 Å². The minimum Gasteiger partial charge on any atom is -0.496 e. The molecule has 1 aromatic rings. The van der Waals surface area contributed by atoms with Crippen LogP contribution in [0.4, 0.5) is 0 Å². The zero-order valence-electron chi connectivity index (χ0n) is 13.0. The predicted molar refractivity (Wildman–Crippen MR) is 81.9 cm³/mol. The zero-order valence-corrected chi connectivity index (χ0v) is 13.0. The molecule has 5 nitrogen and oxygen atoms in total. The summed E-state index contributed by atoms with van der Waals surface area (Å²) in [6.45, 7) is 4.11. The molecule has 5 heteroatoms. The van der Waals surface area contributed by atoms with Gasteiger partial charge in [0.1, 0.15) is 11.3 Å². The number of carbonyl (C=O) groups is 1. The standard InChI is InChI=1S/C16H24N2O3/c1-17-7-6-13(10-17)11-18(2)9-12-4-5-15(21-3)14(8-12)16(19)20/h4-5,8,13H,6-7,9-11H2,1-3H3,(H,19,20). The van der Waals surface area contributed by atoms with Crippen molar-refractivity contribution in [3.05, 3.63) is 29.3 Å². The van der Waals surface area contributed by atoms with E-state index >= 15 is 0 Å². The van der Waals surface area contributed by atoms with Gasteiger partial charge in [0.25, 0.3) is 0 Å². The minimum absolute atomic E-state index is 0.226. The molecular weight excluding hydrogens is 268 g/mol. The van der Waals surface area contributed by atoms with Crippen LogP contribution in [0.3, 0.4) is 0 Å². The van der Waals surface area contributed by atoms with Crippen molar-refractivity contribution in [1.29, 1.82) is 0 Å². The Morgan fingerprint density at radius 3 is 2.86 bits per heavy atom. The highest BCUT2D eigenvalue weighted by Crippen LogP contribution is 2.21. The minimum atomic E-state index is -0.950. The van der Waals surface area contributed by atoms with Crippen molar-refractivity contribution in [2.24, 2.45) is 5.92 Å². The number of carboxylic acid groups (broad SMARTS) is 1. The van der Waals surface area contributed by atoms with E-state index in [1.165, 1.54) is 20.1 Å². The first-order chi connectivity index (χ1) is 9.99. The Kier molecular flexibility index (Phi) is 5.20. The largest absolute Gasteiger partial charge is 0.496 e. The van der Waals surface area contributed by atoms with Gasteiger partial charge in [0.2, 0.25) is 0 Å². The lowest BCUT2D eigenvalue weighted by Gasteiger charge is -2.21. The van der Waals surface area contributed by atoms with Crippen LogP contribution < -0.4 is 4.74 Å². The fraction of sp³-hybridized carbons (Fsp3) is 0.562. The van der Waals surface area contributed by atoms with E-state index in [1.54, 1.807) is 12.1 Å². The van der Waals surface area contributed by atoms with Gasteiger partial charge in [0.05, 0.1) is 7.11 Å². The van der Waals surface area contributed by atoms with E-state index in [0.717, 1.165) is 25.2 Å². The van der Waals surface area contributed by atoms with Crippen molar-refractivity contribution in [1.82, 2.24) is 9.80 Å². The monoisotopic (exact) mass is 292 g/mol. The first kappa shape index (κ1) is 15.8. The fourth-order valence-corrected chi connectivity index (χ4v) is 3.01. The summed E-state index contributed by atoms with van der Waals surface area (Å²) in [5.41, 5.74) is 1.23. The predicted octanol–water partition coefficient (Wildman–Crippen LogP) is 1.78. The number of rotatable bonds is 6. The average molecular weight is 292 g/mol. The second-order valence-electron chi connectivity index (χ2n) is 5.95. The molecule has 1 saturated heterocycles. The maximum Gasteiger partial charge on any atom is 0.339 e. The van der Waals surface area contributed by atoms with Crippen LogP contribution in [0.5, 0.6) is 5.75 Å². The molecule has 2 rings (SSSR count). The van der Waals surface area contributed by atoms with Gasteiger partial charge in [-0.1, -0.05) is 6.07 Å². The number of benzene rings is 1. The lowest BCUT2D eigenvalue weighted by Crippen LogP contribution is -2.27. The molecule has 1 unspecified atom stereocenters. The molecule has 0 spiro atoms. The van der Waals surface area contributed by atoms with Gasteiger partial charge in [-0.25, -0.2) is 4.79 Å². The van der Waals surface area contributed by atoms with Gasteiger partial charge in [-0.15, -0.1) is 0 Å². The molecule has 1 atom stereocenters. The van der Waals surface area contributed by atoms with Gasteiger partial charge < -0.3 is 19.6 Å². The third-order valence-corrected chi connectivity index (χ3v) is 4.01. The van der Waals surface area contributed by atoms with E-state index in [0.29, 0.717) is 11.7 Å². The van der Waals surface area contributed by atoms with Crippen LogP contribution in [0.1, 0.15) is 22.3 Å². The summed E-state index contributed by atoms with van der Waals surface area (Å²) >= 11 is 0. The van der Waals surface area contributed by atoms with Crippen molar-refractivity contribution in [2.75, 3.05) is 40.8 Å². The van der Waals surface area contributed by atoms with Crippen LogP contribution in [0.2, 0.25) is 0 Å². The Hall–Kier alpha value is -1.59. The third-order valence-electron chi connectivity index (χ3n) is 4.01. The van der Waals surface area contributed by atoms with E-state index in [1.807, 2.05) is 6.07 Å². The summed E-state index contributed by atoms with van der Waals surface area (Å²) in [4.78, 5) is 15.9. The Labute approximate surface area is 126 Å². The van der Waals surface area contributed by atoms with Gasteiger partial charge in [0, 0.05) is 19.6 Å². The molecule has 1 aromatic carbocycles. The molecule has 0 amide bonds. The summed E-state index contributed by atoms with van der Waals surface area (Å²) in [6.07, 6.45) is 1.24. The van der Waals surface area contributed by atoms with Gasteiger partial charge in [-0.3, -0.25) is 0 Å². The van der Waals surface area contributed by atoms with Crippen LogP contribution in [0.15, 0.2) is 18.2 Å². The highest BCUT2D eigenvalue weighted by Gasteiger charge is 2.21. The number of likely N-dealkylation sites (tertiary alicyclic amines) is 1. The fourth-order valence-electron chi connectivity index (χ4n) is 3.01. The first-order valence-electron chi connectivity index (χ1n) is 7.27. The van der Waals surface area contributed by atoms with Crippen LogP contribution >= 0.6 is 0 Å². The molecule has 0 bridgehead atoms. The third kappa shape index (κ3) is 4.19. The number of hydrogen-bond acceptors (Lipinski definition) is 4. The Balaban J connectivity index is 1.98. The Morgan fingerprint density at radius 1 is 1.52 bits per heavy atom. The van der Waals surface area contributed by atoms with Crippen LogP contribution in [-0.2, 0) is 6.54 Å². The molecule has 1 aliphatic heterocycles. The highest BCUT2D eigenvalue weighted by molar-refractivity contribution is 5.91. The maximum absolute atomic E-state index is 11.2. The van der Waals surface area contributed by atoms with Gasteiger partial charge >= 0.3 is 5.97 Å². The highest BCUT2D eigenvalue weighted by atomic mass is 16.5. The quantitative estimate of drug-likeness (QED) is 0.866. The molecule has 0 radical (unpaired) electrons. The second-order valence-corrected chi connectivity index (χ2v) is 5.95. The normalized spacial score (nSPS) is 19.1. The summed E-state index contributed by atoms with van der Waals surface area (Å²) in [7, 11) is 5.73. The summed E-state index contributed by atoms with van der Waals surface area (Å²) < 4.78 is 5.09. The number of methoxy groups -OCH3 is 1. The number of nitrogens with zero attached hydrogens (tertiary/aromatic N) is 2. The molecule has 0 saturated carbocycles. The van der Waals surface area contributed by atoms with Gasteiger partial charge in [0.15, 0.2) is 0 Å². The number of hydrogen-bond donors (Lipinski definition) is 1. The maximum atomic E-state index is 11.2. The van der Waals surface area contributed by atoms with E-state index in [2.05, 4.69) is 23.9 Å². The SMILES string of the molecule is COc1ccc(CN(C)CC2CCN(C)C2)cc1C(=O)O. The smallest absolute Gasteiger partial charge is 0.339 e. The van der Waals surface area contributed by atoms with Crippen molar-refractivity contribution in [2.45, 2.75) is 13.0 Å². The molecule has 0 aliphatic carbocycles. The van der Waals surface area contributed by atoms with Crippen LogP contribution in [-0.4, -0.2) is 61.7 Å². The topological polar surface area (TPSA) is 53.0 Å². The molecule has 116 valence electrons. The molecule has 1 heterocycles. The molecular formula is C16H24N2O3. The number of ether oxygens (including phenoxy) is 1. The molecule has 1 aliphatic rings. The molecule has 1 N–H and O–H groups in total. The van der Waals surface area contributed by atoms with E-state index in [4.69, 9.17) is 4.74 Å². The summed E-state index contributed by atoms with van der Waals surface area (Å²) in [5, 5.41) is 9.22. The van der Waals surface area contributed by atoms with Crippen molar-refractivity contribution < 1.29 is 14.6 Å². The number of carboxylic acids is 1. The summed E-state index contributed by atoms with van der Waals surface area (Å²) in [5.74, 6) is 0.164. The Bertz CT molecular complexity index is 504. The zero-order chi connectivity index (χ0) is 15.4. The first-order valence-corrected chi connectivity index (χ1v) is 7.27. The van der Waals surface area contributed by atoms with Crippen molar-refractivity contribution in [3.8, 4) is 5.75 Å². The number of aromatic carboxylic acids is 1. The lowest BCUT2D eigenvalue weighted by atomic mass is 10.1. The van der Waals surface area contributed by atoms with Crippen molar-refractivity contribution in [3.63, 3.8) is 0 Å². The van der Waals surface area contributed by atoms with E-state index in [9.17, 15) is 9.90 Å². The van der Waals surface area contributed by atoms with E-state index < -0.39 is 5.97 Å². The average Bonchev–Trinajstić information content (AvgIpc) is 2.83. The lowest BCUT2D eigenvalue weighted by molar-refractivity contribution is 0.0693. The van der Waals surface area contributed by atoms with Crippen molar-refractivity contribution >= 4 is 5.97 Å². The van der Waals surface area contributed by atoms with Gasteiger partial charge in [-0.05, 0) is 50.7 Å². The van der Waals surface area contributed by atoms with E-state index in [-0.39, 0.29) is 5.56 Å². The Morgan fingerprint density at radius 2 is 2.29 bits per heavy atom.